The molecular weight excluding hydrogens is 192 g/mol. The molecule has 0 aliphatic carbocycles. The van der Waals surface area contributed by atoms with E-state index in [1.54, 1.807) is 0 Å². The Balaban J connectivity index is 3.16. The van der Waals surface area contributed by atoms with Crippen LogP contribution in [0.4, 0.5) is 4.79 Å². The predicted molar refractivity (Wildman–Crippen MR) is 51.7 cm³/mol. The number of primary amides is 1. The number of nitrogens with one attached hydrogen (secondary N) is 1. The standard InChI is InChI=1S/C7H14N2O3S/c1-2-3-6(8)12-13-5-4-11-7(9)10/h8H,2-5H2,1H3,(H2,9,10). The second-order valence-electron chi connectivity index (χ2n) is 2.25. The van der Waals surface area contributed by atoms with Crippen molar-refractivity contribution in [2.45, 2.75) is 19.8 Å². The molecule has 0 fully saturated rings. The highest BCUT2D eigenvalue weighted by atomic mass is 32.2. The van der Waals surface area contributed by atoms with Crippen LogP contribution >= 0.6 is 12.0 Å². The summed E-state index contributed by atoms with van der Waals surface area (Å²) in [6.45, 7) is 2.18. The van der Waals surface area contributed by atoms with Crippen LogP contribution in [0, 0.1) is 5.41 Å². The summed E-state index contributed by atoms with van der Waals surface area (Å²) in [6, 6.07) is 0. The predicted octanol–water partition coefficient (Wildman–Crippen LogP) is 1.52. The number of amides is 1. The van der Waals surface area contributed by atoms with Gasteiger partial charge in [-0.25, -0.2) is 4.79 Å². The molecule has 13 heavy (non-hydrogen) atoms. The van der Waals surface area contributed by atoms with E-state index < -0.39 is 6.09 Å². The zero-order valence-corrected chi connectivity index (χ0v) is 8.36. The van der Waals surface area contributed by atoms with Crippen LogP contribution in [0.2, 0.25) is 0 Å². The van der Waals surface area contributed by atoms with E-state index in [1.165, 1.54) is 0 Å². The number of hydrogen-bond acceptors (Lipinski definition) is 5. The minimum absolute atomic E-state index is 0.208. The monoisotopic (exact) mass is 206 g/mol. The lowest BCUT2D eigenvalue weighted by molar-refractivity contribution is 0.164. The van der Waals surface area contributed by atoms with Gasteiger partial charge in [0.25, 0.3) is 0 Å². The molecule has 0 aromatic rings. The summed E-state index contributed by atoms with van der Waals surface area (Å²) < 4.78 is 9.38. The Hall–Kier alpha value is -0.910. The van der Waals surface area contributed by atoms with Gasteiger partial charge in [0.05, 0.1) is 17.8 Å². The summed E-state index contributed by atoms with van der Waals surface area (Å²) in [5, 5.41) is 7.23. The average Bonchev–Trinajstić information content (AvgIpc) is 2.03. The molecule has 5 nitrogen and oxygen atoms in total. The van der Waals surface area contributed by atoms with Gasteiger partial charge in [-0.1, -0.05) is 6.92 Å². The van der Waals surface area contributed by atoms with Crippen LogP contribution in [0.1, 0.15) is 19.8 Å². The molecule has 0 aliphatic rings. The average molecular weight is 206 g/mol. The van der Waals surface area contributed by atoms with Crippen molar-refractivity contribution in [2.75, 3.05) is 12.4 Å². The molecule has 1 amide bonds. The lowest BCUT2D eigenvalue weighted by Gasteiger charge is -2.03. The Morgan fingerprint density at radius 3 is 2.85 bits per heavy atom. The fourth-order valence-electron chi connectivity index (χ4n) is 0.558. The largest absolute Gasteiger partial charge is 0.449 e. The third-order valence-electron chi connectivity index (χ3n) is 1.05. The van der Waals surface area contributed by atoms with Gasteiger partial charge in [-0.05, 0) is 6.42 Å². The topological polar surface area (TPSA) is 85.4 Å². The van der Waals surface area contributed by atoms with Gasteiger partial charge in [-0.2, -0.15) is 0 Å². The summed E-state index contributed by atoms with van der Waals surface area (Å²) in [4.78, 5) is 10.1. The van der Waals surface area contributed by atoms with Gasteiger partial charge in [-0.15, -0.1) is 0 Å². The molecule has 0 aromatic carbocycles. The van der Waals surface area contributed by atoms with Gasteiger partial charge >= 0.3 is 6.09 Å². The Bertz CT molecular complexity index is 175. The highest BCUT2D eigenvalue weighted by molar-refractivity contribution is 7.95. The zero-order valence-electron chi connectivity index (χ0n) is 7.54. The summed E-state index contributed by atoms with van der Waals surface area (Å²) in [6.07, 6.45) is 0.727. The number of rotatable bonds is 6. The molecule has 0 atom stereocenters. The van der Waals surface area contributed by atoms with Crippen molar-refractivity contribution < 1.29 is 13.7 Å². The third-order valence-corrected chi connectivity index (χ3v) is 1.70. The molecule has 0 bridgehead atoms. The summed E-state index contributed by atoms with van der Waals surface area (Å²) >= 11 is 1.09. The first-order valence-corrected chi connectivity index (χ1v) is 4.87. The molecule has 76 valence electrons. The van der Waals surface area contributed by atoms with Crippen molar-refractivity contribution in [2.24, 2.45) is 5.73 Å². The van der Waals surface area contributed by atoms with Crippen LogP contribution in [0.3, 0.4) is 0 Å². The SMILES string of the molecule is CCCC(=N)OSCCOC(N)=O. The van der Waals surface area contributed by atoms with Crippen molar-refractivity contribution in [1.82, 2.24) is 0 Å². The zero-order chi connectivity index (χ0) is 10.1. The molecular formula is C7H14N2O3S. The van der Waals surface area contributed by atoms with Gasteiger partial charge < -0.3 is 14.7 Å². The number of ether oxygens (including phenoxy) is 1. The normalized spacial score (nSPS) is 9.31. The van der Waals surface area contributed by atoms with Gasteiger partial charge in [-0.3, -0.25) is 5.41 Å². The fourth-order valence-corrected chi connectivity index (χ4v) is 1.02. The number of hydrogen-bond donors (Lipinski definition) is 2. The third kappa shape index (κ3) is 9.00. The van der Waals surface area contributed by atoms with Crippen molar-refractivity contribution in [3.05, 3.63) is 0 Å². The van der Waals surface area contributed by atoms with E-state index in [-0.39, 0.29) is 12.5 Å². The Morgan fingerprint density at radius 2 is 2.31 bits per heavy atom. The molecule has 0 aromatic heterocycles. The highest BCUT2D eigenvalue weighted by Gasteiger charge is 1.98. The smallest absolute Gasteiger partial charge is 0.404 e. The molecule has 0 rings (SSSR count). The van der Waals surface area contributed by atoms with Crippen LogP contribution in [0.15, 0.2) is 0 Å². The minimum atomic E-state index is -0.788. The molecule has 0 heterocycles. The van der Waals surface area contributed by atoms with Gasteiger partial charge in [0.2, 0.25) is 0 Å². The quantitative estimate of drug-likeness (QED) is 0.298. The van der Waals surface area contributed by atoms with Gasteiger partial charge in [0.15, 0.2) is 5.90 Å². The molecule has 0 aliphatic heterocycles. The molecule has 0 unspecified atom stereocenters. The molecule has 6 heteroatoms. The van der Waals surface area contributed by atoms with Crippen LogP contribution in [-0.4, -0.2) is 24.4 Å². The molecule has 0 saturated carbocycles. The van der Waals surface area contributed by atoms with E-state index >= 15 is 0 Å². The van der Waals surface area contributed by atoms with Crippen molar-refractivity contribution in [3.63, 3.8) is 0 Å². The van der Waals surface area contributed by atoms with Crippen molar-refractivity contribution in [1.29, 1.82) is 5.41 Å². The molecule has 3 N–H and O–H groups in total. The molecule has 0 radical (unpaired) electrons. The maximum absolute atomic E-state index is 10.1. The van der Waals surface area contributed by atoms with E-state index in [0.29, 0.717) is 12.2 Å². The summed E-state index contributed by atoms with van der Waals surface area (Å²) in [5.74, 6) is 0.723. The number of carbonyl (C=O) groups is 1. The first-order chi connectivity index (χ1) is 6.16. The second kappa shape index (κ2) is 7.72. The lowest BCUT2D eigenvalue weighted by Crippen LogP contribution is -2.14. The first-order valence-electron chi connectivity index (χ1n) is 3.96. The second-order valence-corrected chi connectivity index (χ2v) is 3.06. The van der Waals surface area contributed by atoms with Crippen LogP contribution in [0.5, 0.6) is 0 Å². The van der Waals surface area contributed by atoms with E-state index in [4.69, 9.17) is 15.3 Å². The van der Waals surface area contributed by atoms with Gasteiger partial charge in [0.1, 0.15) is 6.61 Å². The van der Waals surface area contributed by atoms with Crippen LogP contribution in [-0.2, 0) is 8.92 Å². The fraction of sp³-hybridized carbons (Fsp3) is 0.714. The summed E-state index contributed by atoms with van der Waals surface area (Å²) in [7, 11) is 0. The Morgan fingerprint density at radius 1 is 1.62 bits per heavy atom. The Kier molecular flexibility index (Phi) is 7.18. The number of nitrogens with two attached hydrogens (primary N) is 1. The minimum Gasteiger partial charge on any atom is -0.449 e. The maximum Gasteiger partial charge on any atom is 0.404 e. The van der Waals surface area contributed by atoms with Crippen LogP contribution < -0.4 is 5.73 Å². The lowest BCUT2D eigenvalue weighted by atomic mass is 10.3. The van der Waals surface area contributed by atoms with E-state index in [1.807, 2.05) is 6.92 Å². The van der Waals surface area contributed by atoms with Crippen LogP contribution in [0.25, 0.3) is 0 Å². The number of carbonyl (C=O) groups excluding carboxylic acids is 1. The summed E-state index contributed by atoms with van der Waals surface area (Å²) in [5.41, 5.74) is 4.73. The van der Waals surface area contributed by atoms with E-state index in [0.717, 1.165) is 18.5 Å². The van der Waals surface area contributed by atoms with E-state index in [2.05, 4.69) is 4.74 Å². The highest BCUT2D eigenvalue weighted by Crippen LogP contribution is 2.05. The Labute approximate surface area is 81.7 Å². The maximum atomic E-state index is 10.1. The molecule has 0 saturated heterocycles. The van der Waals surface area contributed by atoms with E-state index in [9.17, 15) is 4.79 Å². The van der Waals surface area contributed by atoms with Crippen molar-refractivity contribution >= 4 is 24.0 Å². The van der Waals surface area contributed by atoms with Gasteiger partial charge in [0, 0.05) is 6.42 Å². The van der Waals surface area contributed by atoms with Crippen molar-refractivity contribution in [3.8, 4) is 0 Å². The first kappa shape index (κ1) is 12.1. The molecule has 0 spiro atoms.